The molecule has 0 atom stereocenters. The summed E-state index contributed by atoms with van der Waals surface area (Å²) in [5.41, 5.74) is 1.14. The average molecular weight is 244 g/mol. The lowest BCUT2D eigenvalue weighted by atomic mass is 10.2. The highest BCUT2D eigenvalue weighted by molar-refractivity contribution is 5.78. The molecule has 0 fully saturated rings. The van der Waals surface area contributed by atoms with Crippen LogP contribution < -0.4 is 5.32 Å². The van der Waals surface area contributed by atoms with Gasteiger partial charge >= 0.3 is 0 Å². The van der Waals surface area contributed by atoms with Crippen LogP contribution in [0.4, 0.5) is 0 Å². The Morgan fingerprint density at radius 3 is 2.61 bits per heavy atom. The van der Waals surface area contributed by atoms with Crippen molar-refractivity contribution in [3.63, 3.8) is 0 Å². The number of hydrogen-bond donors (Lipinski definition) is 1. The first kappa shape index (κ1) is 14.3. The van der Waals surface area contributed by atoms with E-state index in [1.807, 2.05) is 49.1 Å². The van der Waals surface area contributed by atoms with Crippen molar-refractivity contribution >= 4 is 5.91 Å². The molecule has 1 amide bonds. The summed E-state index contributed by atoms with van der Waals surface area (Å²) in [5.74, 6) is 2.53. The largest absolute Gasteiger partial charge is 0.335 e. The molecule has 1 N–H and O–H groups in total. The number of hydrogen-bond acceptors (Lipinski definition) is 2. The molecule has 3 heteroatoms. The van der Waals surface area contributed by atoms with Crippen LogP contribution in [0.1, 0.15) is 19.4 Å². The molecule has 0 aliphatic heterocycles. The van der Waals surface area contributed by atoms with Crippen LogP contribution in [-0.4, -0.2) is 29.9 Å². The van der Waals surface area contributed by atoms with Gasteiger partial charge in [0.1, 0.15) is 0 Å². The van der Waals surface area contributed by atoms with E-state index in [9.17, 15) is 4.79 Å². The Balaban J connectivity index is 2.60. The molecule has 0 bridgehead atoms. The molecule has 3 nitrogen and oxygen atoms in total. The van der Waals surface area contributed by atoms with Crippen molar-refractivity contribution in [1.29, 1.82) is 0 Å². The maximum absolute atomic E-state index is 12.1. The molecule has 1 aromatic carbocycles. The zero-order valence-corrected chi connectivity index (χ0v) is 11.0. The van der Waals surface area contributed by atoms with E-state index in [0.29, 0.717) is 13.1 Å². The highest BCUT2D eigenvalue weighted by atomic mass is 16.2. The van der Waals surface area contributed by atoms with Gasteiger partial charge in [0, 0.05) is 12.6 Å². The number of rotatable bonds is 6. The van der Waals surface area contributed by atoms with Gasteiger partial charge in [-0.3, -0.25) is 10.1 Å². The van der Waals surface area contributed by atoms with E-state index in [-0.39, 0.29) is 18.5 Å². The minimum absolute atomic E-state index is 0.0732. The van der Waals surface area contributed by atoms with Gasteiger partial charge in [-0.05, 0) is 19.4 Å². The highest BCUT2D eigenvalue weighted by Gasteiger charge is 2.16. The van der Waals surface area contributed by atoms with E-state index in [1.54, 1.807) is 0 Å². The van der Waals surface area contributed by atoms with Crippen LogP contribution in [0.5, 0.6) is 0 Å². The second kappa shape index (κ2) is 7.52. The van der Waals surface area contributed by atoms with Gasteiger partial charge in [-0.1, -0.05) is 36.3 Å². The summed E-state index contributed by atoms with van der Waals surface area (Å²) in [4.78, 5) is 13.9. The molecule has 0 saturated carbocycles. The molecule has 96 valence electrons. The van der Waals surface area contributed by atoms with E-state index in [4.69, 9.17) is 6.42 Å². The van der Waals surface area contributed by atoms with Gasteiger partial charge in [-0.25, -0.2) is 0 Å². The molecule has 0 heterocycles. The summed E-state index contributed by atoms with van der Waals surface area (Å²) in [7, 11) is 0. The lowest BCUT2D eigenvalue weighted by Crippen LogP contribution is -2.41. The zero-order valence-electron chi connectivity index (χ0n) is 11.0. The molecule has 0 aromatic heterocycles. The van der Waals surface area contributed by atoms with Gasteiger partial charge in [0.2, 0.25) is 5.91 Å². The lowest BCUT2D eigenvalue weighted by Gasteiger charge is -2.27. The maximum atomic E-state index is 12.1. The van der Waals surface area contributed by atoms with Gasteiger partial charge in [-0.2, -0.15) is 0 Å². The quantitative estimate of drug-likeness (QED) is 0.609. The fraction of sp³-hybridized carbons (Fsp3) is 0.400. The zero-order chi connectivity index (χ0) is 13.4. The van der Waals surface area contributed by atoms with Crippen LogP contribution in [0.2, 0.25) is 0 Å². The number of benzene rings is 1. The first-order valence-electron chi connectivity index (χ1n) is 6.12. The van der Waals surface area contributed by atoms with E-state index in [1.165, 1.54) is 0 Å². The molecular weight excluding hydrogens is 224 g/mol. The number of carbonyl (C=O) groups is 1. The van der Waals surface area contributed by atoms with Crippen LogP contribution in [-0.2, 0) is 11.3 Å². The first-order valence-corrected chi connectivity index (χ1v) is 6.12. The summed E-state index contributed by atoms with van der Waals surface area (Å²) in [6.45, 7) is 5.37. The Hall–Kier alpha value is -1.79. The Kier molecular flexibility index (Phi) is 5.96. The van der Waals surface area contributed by atoms with Crippen LogP contribution in [0.15, 0.2) is 30.3 Å². The van der Waals surface area contributed by atoms with Crippen molar-refractivity contribution in [2.45, 2.75) is 26.4 Å². The summed E-state index contributed by atoms with van der Waals surface area (Å²) >= 11 is 0. The molecule has 0 aliphatic carbocycles. The normalized spacial score (nSPS) is 10.1. The molecule has 0 unspecified atom stereocenters. The Morgan fingerprint density at radius 2 is 2.06 bits per heavy atom. The highest BCUT2D eigenvalue weighted by Crippen LogP contribution is 2.08. The molecule has 1 rings (SSSR count). The number of carbonyl (C=O) groups excluding carboxylic acids is 1. The standard InChI is InChI=1S/C15H20N2O/c1-4-10-16-11-15(18)17(13(2)3)12-14-8-6-5-7-9-14/h1,5-9,13,16H,10-12H2,2-3H3. The fourth-order valence-electron chi connectivity index (χ4n) is 1.68. The monoisotopic (exact) mass is 244 g/mol. The van der Waals surface area contributed by atoms with Gasteiger partial charge in [0.05, 0.1) is 13.1 Å². The van der Waals surface area contributed by atoms with Crippen LogP contribution in [0, 0.1) is 12.3 Å². The second-order valence-corrected chi connectivity index (χ2v) is 4.41. The van der Waals surface area contributed by atoms with E-state index >= 15 is 0 Å². The van der Waals surface area contributed by atoms with Crippen molar-refractivity contribution in [2.75, 3.05) is 13.1 Å². The molecule has 0 saturated heterocycles. The third-order valence-electron chi connectivity index (χ3n) is 2.64. The number of nitrogens with one attached hydrogen (secondary N) is 1. The van der Waals surface area contributed by atoms with E-state index < -0.39 is 0 Å². The topological polar surface area (TPSA) is 32.3 Å². The Bertz CT molecular complexity index is 406. The summed E-state index contributed by atoms with van der Waals surface area (Å²) < 4.78 is 0. The van der Waals surface area contributed by atoms with Crippen molar-refractivity contribution in [3.8, 4) is 12.3 Å². The van der Waals surface area contributed by atoms with Crippen LogP contribution in [0.3, 0.4) is 0 Å². The molecular formula is C15H20N2O. The SMILES string of the molecule is C#CCNCC(=O)N(Cc1ccccc1)C(C)C. The van der Waals surface area contributed by atoms with Crippen molar-refractivity contribution in [2.24, 2.45) is 0 Å². The second-order valence-electron chi connectivity index (χ2n) is 4.41. The van der Waals surface area contributed by atoms with Crippen LogP contribution in [0.25, 0.3) is 0 Å². The lowest BCUT2D eigenvalue weighted by molar-refractivity contribution is -0.132. The Labute approximate surface area is 109 Å². The molecule has 18 heavy (non-hydrogen) atoms. The van der Waals surface area contributed by atoms with Gasteiger partial charge in [0.25, 0.3) is 0 Å². The molecule has 0 aliphatic rings. The third kappa shape index (κ3) is 4.60. The van der Waals surface area contributed by atoms with Gasteiger partial charge < -0.3 is 4.90 Å². The molecule has 0 spiro atoms. The van der Waals surface area contributed by atoms with E-state index in [0.717, 1.165) is 5.56 Å². The fourth-order valence-corrected chi connectivity index (χ4v) is 1.68. The average Bonchev–Trinajstić information content (AvgIpc) is 2.37. The van der Waals surface area contributed by atoms with Crippen LogP contribution >= 0.6 is 0 Å². The van der Waals surface area contributed by atoms with Crippen molar-refractivity contribution < 1.29 is 4.79 Å². The molecule has 1 aromatic rings. The number of terminal acetylenes is 1. The summed E-state index contributed by atoms with van der Waals surface area (Å²) in [6.07, 6.45) is 5.14. The minimum atomic E-state index is 0.0732. The summed E-state index contributed by atoms with van der Waals surface area (Å²) in [6, 6.07) is 10.2. The van der Waals surface area contributed by atoms with E-state index in [2.05, 4.69) is 11.2 Å². The predicted octanol–water partition coefficient (Wildman–Crippen LogP) is 1.65. The third-order valence-corrected chi connectivity index (χ3v) is 2.64. The first-order chi connectivity index (χ1) is 8.65. The summed E-state index contributed by atoms with van der Waals surface area (Å²) in [5, 5.41) is 2.93. The maximum Gasteiger partial charge on any atom is 0.237 e. The van der Waals surface area contributed by atoms with Crippen molar-refractivity contribution in [3.05, 3.63) is 35.9 Å². The predicted molar refractivity (Wildman–Crippen MR) is 73.8 cm³/mol. The Morgan fingerprint density at radius 1 is 1.39 bits per heavy atom. The number of nitrogens with zero attached hydrogens (tertiary/aromatic N) is 1. The van der Waals surface area contributed by atoms with Gasteiger partial charge in [0.15, 0.2) is 0 Å². The minimum Gasteiger partial charge on any atom is -0.335 e. The van der Waals surface area contributed by atoms with Crippen molar-refractivity contribution in [1.82, 2.24) is 10.2 Å². The smallest absolute Gasteiger partial charge is 0.237 e. The molecule has 0 radical (unpaired) electrons. The van der Waals surface area contributed by atoms with Gasteiger partial charge in [-0.15, -0.1) is 6.42 Å². The number of amides is 1.